The minimum Gasteiger partial charge on any atom is -0.366 e. The largest absolute Gasteiger partial charge is 0.570 e. The van der Waals surface area contributed by atoms with Crippen molar-refractivity contribution in [1.82, 2.24) is 8.61 Å². The molecule has 0 radical (unpaired) electrons. The summed E-state index contributed by atoms with van der Waals surface area (Å²) >= 11 is 0. The van der Waals surface area contributed by atoms with E-state index in [0.29, 0.717) is 51.9 Å². The van der Waals surface area contributed by atoms with Crippen LogP contribution in [0.2, 0.25) is 0 Å². The lowest BCUT2D eigenvalue weighted by atomic mass is 9.83. The summed E-state index contributed by atoms with van der Waals surface area (Å²) in [6.07, 6.45) is 6.33. The van der Waals surface area contributed by atoms with Crippen LogP contribution in [0.15, 0.2) is 56.5 Å². The van der Waals surface area contributed by atoms with Crippen LogP contribution in [-0.2, 0) is 43.3 Å². The molecule has 276 valence electrons. The average molecular weight is 782 g/mol. The molecule has 2 aromatic rings. The van der Waals surface area contributed by atoms with Crippen LogP contribution in [0.3, 0.4) is 0 Å². The molecule has 22 heteroatoms. The van der Waals surface area contributed by atoms with Crippen molar-refractivity contribution in [1.29, 1.82) is 0 Å². The van der Waals surface area contributed by atoms with Gasteiger partial charge in [0.1, 0.15) is 11.4 Å². The third kappa shape index (κ3) is 9.51. The summed E-state index contributed by atoms with van der Waals surface area (Å²) in [7, 11) is -17.7. The third-order valence-corrected chi connectivity index (χ3v) is 13.0. The normalized spacial score (nSPS) is 20.2. The molecular formula is C28H39N4O14P2S2+. The van der Waals surface area contributed by atoms with Gasteiger partial charge in [-0.05, 0) is 49.9 Å². The zero-order valence-corrected chi connectivity index (χ0v) is 30.2. The molecule has 0 bridgehead atoms. The number of hydrogen-bond donors (Lipinski definition) is 5. The monoisotopic (exact) mass is 781 g/mol. The van der Waals surface area contributed by atoms with Gasteiger partial charge in [-0.1, -0.05) is 48.1 Å². The zero-order chi connectivity index (χ0) is 36.2. The lowest BCUT2D eigenvalue weighted by Gasteiger charge is -2.26. The molecule has 0 atom stereocenters. The fourth-order valence-electron chi connectivity index (χ4n) is 5.89. The van der Waals surface area contributed by atoms with E-state index in [2.05, 4.69) is 19.4 Å². The van der Waals surface area contributed by atoms with Gasteiger partial charge in [-0.25, -0.2) is 25.9 Å². The molecule has 5 rings (SSSR count). The molecule has 0 aromatic heterocycles. The first-order valence-corrected chi connectivity index (χ1v) is 21.7. The fourth-order valence-corrected chi connectivity index (χ4v) is 9.35. The lowest BCUT2D eigenvalue weighted by molar-refractivity contribution is -0.00870. The SMILES string of the molecule is O=P(O)(O)OCO/N=C1/c2cc(S(=O)(=O)N3CCCCCC3)ccc2/C(=N\OCO[P+](O)(O)O)c2cc(S(=O)(=O)N3CCCCCC3)ccc21. The molecule has 0 saturated carbocycles. The van der Waals surface area contributed by atoms with Crippen LogP contribution in [-0.4, -0.2) is 101 Å². The molecule has 0 unspecified atom stereocenters. The maximum absolute atomic E-state index is 13.8. The predicted molar refractivity (Wildman–Crippen MR) is 178 cm³/mol. The zero-order valence-electron chi connectivity index (χ0n) is 26.8. The maximum Gasteiger partial charge on any atom is 0.570 e. The summed E-state index contributed by atoms with van der Waals surface area (Å²) in [6.45, 7) is -0.611. The van der Waals surface area contributed by atoms with Gasteiger partial charge in [0.05, 0.1) is 9.79 Å². The van der Waals surface area contributed by atoms with E-state index in [0.717, 1.165) is 25.7 Å². The number of rotatable bonds is 12. The Hall–Kier alpha value is -2.42. The molecule has 2 aromatic carbocycles. The Labute approximate surface area is 289 Å². The molecular weight excluding hydrogens is 742 g/mol. The summed E-state index contributed by atoms with van der Waals surface area (Å²) in [5.74, 6) is 0. The van der Waals surface area contributed by atoms with E-state index in [-0.39, 0.29) is 43.5 Å². The van der Waals surface area contributed by atoms with E-state index in [9.17, 15) is 36.1 Å². The van der Waals surface area contributed by atoms with Crippen LogP contribution in [0.5, 0.6) is 0 Å². The molecule has 50 heavy (non-hydrogen) atoms. The number of hydrogen-bond acceptors (Lipinski definition) is 14. The summed E-state index contributed by atoms with van der Waals surface area (Å²) in [5.41, 5.74) is 0.500. The van der Waals surface area contributed by atoms with Crippen LogP contribution < -0.4 is 0 Å². The van der Waals surface area contributed by atoms with Crippen LogP contribution in [0.1, 0.15) is 73.6 Å². The highest BCUT2D eigenvalue weighted by Crippen LogP contribution is 2.45. The first kappa shape index (κ1) is 38.8. The molecule has 2 heterocycles. The lowest BCUT2D eigenvalue weighted by Crippen LogP contribution is -2.33. The summed E-state index contributed by atoms with van der Waals surface area (Å²) < 4.78 is 78.1. The van der Waals surface area contributed by atoms with Crippen molar-refractivity contribution in [2.75, 3.05) is 39.8 Å². The van der Waals surface area contributed by atoms with Gasteiger partial charge in [0.15, 0.2) is 0 Å². The molecule has 3 aliphatic rings. The molecule has 5 N–H and O–H groups in total. The Morgan fingerprint density at radius 3 is 1.42 bits per heavy atom. The van der Waals surface area contributed by atoms with Gasteiger partial charge in [-0.15, -0.1) is 4.52 Å². The van der Waals surface area contributed by atoms with Crippen LogP contribution in [0.25, 0.3) is 0 Å². The van der Waals surface area contributed by atoms with Gasteiger partial charge in [-0.3, -0.25) is 0 Å². The number of benzene rings is 2. The first-order chi connectivity index (χ1) is 23.6. The van der Waals surface area contributed by atoms with Gasteiger partial charge in [-0.2, -0.15) is 23.3 Å². The Balaban J connectivity index is 1.65. The second-order valence-electron chi connectivity index (χ2n) is 11.7. The molecule has 2 saturated heterocycles. The predicted octanol–water partition coefficient (Wildman–Crippen LogP) is 2.36. The quantitative estimate of drug-likeness (QED) is 0.0766. The van der Waals surface area contributed by atoms with E-state index >= 15 is 0 Å². The van der Waals surface area contributed by atoms with Gasteiger partial charge in [0.2, 0.25) is 26.8 Å². The Kier molecular flexibility index (Phi) is 12.5. The van der Waals surface area contributed by atoms with Crippen LogP contribution >= 0.6 is 16.0 Å². The number of phosphoric ester groups is 1. The van der Waals surface area contributed by atoms with Crippen molar-refractivity contribution in [2.24, 2.45) is 10.3 Å². The third-order valence-electron chi connectivity index (χ3n) is 8.27. The number of sulfonamides is 2. The van der Waals surface area contributed by atoms with Gasteiger partial charge < -0.3 is 19.5 Å². The molecule has 2 fully saturated rings. The molecule has 0 spiro atoms. The van der Waals surface area contributed by atoms with E-state index in [4.69, 9.17) is 19.5 Å². The second kappa shape index (κ2) is 16.1. The molecule has 1 aliphatic carbocycles. The van der Waals surface area contributed by atoms with E-state index in [1.165, 1.54) is 45.0 Å². The highest BCUT2D eigenvalue weighted by atomic mass is 32.2. The van der Waals surface area contributed by atoms with E-state index < -0.39 is 49.6 Å². The summed E-state index contributed by atoms with van der Waals surface area (Å²) in [4.78, 5) is 55.9. The van der Waals surface area contributed by atoms with Crippen molar-refractivity contribution in [3.05, 3.63) is 58.7 Å². The van der Waals surface area contributed by atoms with E-state index in [1.807, 2.05) is 0 Å². The maximum atomic E-state index is 13.8. The Bertz CT molecular complexity index is 1860. The minimum atomic E-state index is -4.95. The standard InChI is InChI=1S/C28H38N4O14P2S2/c33-47(34,35)45-19-43-29-27-24-12-10-22(50(41,42)32-15-7-3-4-8-16-32)18-26(24)28(30-44-20-46-48(36,37)38)23-11-9-21(17-25(23)27)49(39,40)31-13-5-1-2-6-14-31/h9-12,17-18,33-35H,1-8,13-16,19-20H2,(H-,36,37,38)/p+1/b29-27+,30-28+. The second-order valence-corrected chi connectivity index (χ2v) is 18.1. The number of oxime groups is 2. The average Bonchev–Trinajstić information content (AvgIpc) is 3.51. The van der Waals surface area contributed by atoms with Crippen LogP contribution in [0, 0.1) is 0 Å². The van der Waals surface area contributed by atoms with E-state index in [1.54, 1.807) is 0 Å². The van der Waals surface area contributed by atoms with Crippen molar-refractivity contribution in [3.63, 3.8) is 0 Å². The topological polar surface area (TPSA) is 255 Å². The van der Waals surface area contributed by atoms with Crippen molar-refractivity contribution < 1.29 is 64.6 Å². The Morgan fingerprint density at radius 2 is 1.04 bits per heavy atom. The molecule has 2 aliphatic heterocycles. The first-order valence-electron chi connectivity index (χ1n) is 15.7. The highest BCUT2D eigenvalue weighted by Gasteiger charge is 2.36. The fraction of sp³-hybridized carbons (Fsp3) is 0.500. The van der Waals surface area contributed by atoms with Gasteiger partial charge in [0.25, 0.3) is 6.79 Å². The Morgan fingerprint density at radius 1 is 0.640 bits per heavy atom. The number of fused-ring (bicyclic) bond motifs is 2. The van der Waals surface area contributed by atoms with Crippen molar-refractivity contribution in [3.8, 4) is 0 Å². The molecule has 0 amide bonds. The minimum absolute atomic E-state index is 0.0339. The van der Waals surface area contributed by atoms with Gasteiger partial charge >= 0.3 is 16.0 Å². The summed E-state index contributed by atoms with van der Waals surface area (Å²) in [6, 6.07) is 8.15. The number of phosphoric acid groups is 1. The van der Waals surface area contributed by atoms with Gasteiger partial charge in [0, 0.05) is 48.4 Å². The van der Waals surface area contributed by atoms with Crippen molar-refractivity contribution >= 4 is 47.5 Å². The summed E-state index contributed by atoms with van der Waals surface area (Å²) in [5, 5.41) is 8.10. The smallest absolute Gasteiger partial charge is 0.366 e. The molecule has 18 nitrogen and oxygen atoms in total. The number of nitrogens with zero attached hydrogens (tertiary/aromatic N) is 4. The van der Waals surface area contributed by atoms with Crippen LogP contribution in [0.4, 0.5) is 0 Å². The highest BCUT2D eigenvalue weighted by molar-refractivity contribution is 7.89. The van der Waals surface area contributed by atoms with Crippen molar-refractivity contribution in [2.45, 2.75) is 61.2 Å².